The Kier molecular flexibility index (Phi) is 6.66. The third kappa shape index (κ3) is 5.13. The lowest BCUT2D eigenvalue weighted by Gasteiger charge is -2.41. The summed E-state index contributed by atoms with van der Waals surface area (Å²) < 4.78 is 6.14. The van der Waals surface area contributed by atoms with Crippen LogP contribution in [-0.2, 0) is 22.5 Å². The zero-order valence-electron chi connectivity index (χ0n) is 17.6. The van der Waals surface area contributed by atoms with Gasteiger partial charge >= 0.3 is 0 Å². The molecule has 1 aromatic heterocycles. The van der Waals surface area contributed by atoms with Gasteiger partial charge in [0.1, 0.15) is 0 Å². The number of aromatic nitrogens is 1. The molecule has 0 radical (unpaired) electrons. The second-order valence-electron chi connectivity index (χ2n) is 7.88. The molecular formula is C25H26ClN3O2. The van der Waals surface area contributed by atoms with Crippen molar-refractivity contribution >= 4 is 17.5 Å². The first-order valence-corrected chi connectivity index (χ1v) is 10.8. The van der Waals surface area contributed by atoms with Crippen molar-refractivity contribution in [1.82, 2.24) is 15.2 Å². The van der Waals surface area contributed by atoms with Crippen molar-refractivity contribution in [1.29, 1.82) is 0 Å². The Bertz CT molecular complexity index is 1030. The average Bonchev–Trinajstić information content (AvgIpc) is 2.80. The lowest BCUT2D eigenvalue weighted by Crippen LogP contribution is -2.60. The third-order valence-corrected chi connectivity index (χ3v) is 5.87. The molecule has 1 aliphatic heterocycles. The monoisotopic (exact) mass is 435 g/mol. The molecule has 160 valence electrons. The number of nitrogens with one attached hydrogen (secondary N) is 1. The largest absolute Gasteiger partial charge is 0.362 e. The van der Waals surface area contributed by atoms with Crippen molar-refractivity contribution in [3.05, 3.63) is 89.2 Å². The van der Waals surface area contributed by atoms with E-state index in [-0.39, 0.29) is 5.91 Å². The number of halogens is 1. The second-order valence-corrected chi connectivity index (χ2v) is 8.31. The standard InChI is InChI=1S/C25H26ClN3O2/c1-27-24(30)25(15-19-7-9-21(10-8-19)22-5-3-11-28-16-22)18-29(12-13-31-25)17-20-4-2-6-23(26)14-20/h2-11,14,16H,12-13,15,17-18H2,1H3,(H,27,30)/t25-/m1/s1. The van der Waals surface area contributed by atoms with Gasteiger partial charge in [-0.2, -0.15) is 0 Å². The molecule has 1 N–H and O–H groups in total. The van der Waals surface area contributed by atoms with Crippen LogP contribution in [0.2, 0.25) is 5.02 Å². The number of hydrogen-bond acceptors (Lipinski definition) is 4. The molecule has 1 atom stereocenters. The molecule has 2 heterocycles. The topological polar surface area (TPSA) is 54.5 Å². The quantitative estimate of drug-likeness (QED) is 0.636. The summed E-state index contributed by atoms with van der Waals surface area (Å²) in [6.45, 7) is 2.51. The number of hydrogen-bond donors (Lipinski definition) is 1. The lowest BCUT2D eigenvalue weighted by atomic mass is 9.90. The van der Waals surface area contributed by atoms with Crippen LogP contribution in [0.3, 0.4) is 0 Å². The molecule has 31 heavy (non-hydrogen) atoms. The van der Waals surface area contributed by atoms with Crippen LogP contribution < -0.4 is 5.32 Å². The number of morpholine rings is 1. The first-order chi connectivity index (χ1) is 15.1. The molecule has 6 heteroatoms. The van der Waals surface area contributed by atoms with Crippen molar-refractivity contribution in [3.8, 4) is 11.1 Å². The van der Waals surface area contributed by atoms with Gasteiger partial charge in [-0.1, -0.05) is 54.1 Å². The molecule has 2 aromatic carbocycles. The molecule has 3 aromatic rings. The molecule has 0 saturated carbocycles. The first-order valence-electron chi connectivity index (χ1n) is 10.4. The predicted molar refractivity (Wildman–Crippen MR) is 123 cm³/mol. The maximum atomic E-state index is 12.9. The zero-order valence-corrected chi connectivity index (χ0v) is 18.3. The molecule has 1 fully saturated rings. The van der Waals surface area contributed by atoms with E-state index in [2.05, 4.69) is 45.5 Å². The molecule has 1 saturated heterocycles. The van der Waals surface area contributed by atoms with Crippen LogP contribution in [0, 0.1) is 0 Å². The van der Waals surface area contributed by atoms with Crippen molar-refractivity contribution in [2.24, 2.45) is 0 Å². The van der Waals surface area contributed by atoms with Gasteiger partial charge in [0.15, 0.2) is 5.60 Å². The minimum absolute atomic E-state index is 0.0976. The summed E-state index contributed by atoms with van der Waals surface area (Å²) >= 11 is 6.14. The summed E-state index contributed by atoms with van der Waals surface area (Å²) in [5.74, 6) is -0.0976. The van der Waals surface area contributed by atoms with Crippen LogP contribution in [0.15, 0.2) is 73.1 Å². The molecule has 0 aliphatic carbocycles. The molecule has 5 nitrogen and oxygen atoms in total. The van der Waals surface area contributed by atoms with Crippen molar-refractivity contribution in [2.75, 3.05) is 26.7 Å². The highest BCUT2D eigenvalue weighted by Crippen LogP contribution is 2.27. The van der Waals surface area contributed by atoms with Crippen molar-refractivity contribution in [3.63, 3.8) is 0 Å². The maximum absolute atomic E-state index is 12.9. The van der Waals surface area contributed by atoms with Gasteiger partial charge in [-0.15, -0.1) is 0 Å². The van der Waals surface area contributed by atoms with Crippen LogP contribution >= 0.6 is 11.6 Å². The van der Waals surface area contributed by atoms with Gasteiger partial charge in [-0.3, -0.25) is 14.7 Å². The van der Waals surface area contributed by atoms with Gasteiger partial charge < -0.3 is 10.1 Å². The highest BCUT2D eigenvalue weighted by atomic mass is 35.5. The van der Waals surface area contributed by atoms with Gasteiger partial charge in [-0.05, 0) is 40.5 Å². The number of rotatable bonds is 6. The minimum atomic E-state index is -0.929. The smallest absolute Gasteiger partial charge is 0.253 e. The van der Waals surface area contributed by atoms with Crippen molar-refractivity contribution in [2.45, 2.75) is 18.6 Å². The summed E-state index contributed by atoms with van der Waals surface area (Å²) in [4.78, 5) is 19.4. The van der Waals surface area contributed by atoms with Crippen molar-refractivity contribution < 1.29 is 9.53 Å². The second kappa shape index (κ2) is 9.60. The van der Waals surface area contributed by atoms with E-state index in [1.54, 1.807) is 13.2 Å². The Hall–Kier alpha value is -2.73. The van der Waals surface area contributed by atoms with Crippen LogP contribution in [0.5, 0.6) is 0 Å². The maximum Gasteiger partial charge on any atom is 0.253 e. The Labute approximate surface area is 188 Å². The first kappa shape index (κ1) is 21.5. The summed E-state index contributed by atoms with van der Waals surface area (Å²) in [7, 11) is 1.66. The van der Waals surface area contributed by atoms with E-state index in [1.807, 2.05) is 36.5 Å². The molecule has 0 bridgehead atoms. The minimum Gasteiger partial charge on any atom is -0.362 e. The fraction of sp³-hybridized carbons (Fsp3) is 0.280. The summed E-state index contributed by atoms with van der Waals surface area (Å²) in [6.07, 6.45) is 4.12. The average molecular weight is 436 g/mol. The fourth-order valence-corrected chi connectivity index (χ4v) is 4.33. The van der Waals surface area contributed by atoms with Gasteiger partial charge in [0.25, 0.3) is 5.91 Å². The molecule has 1 amide bonds. The van der Waals surface area contributed by atoms with Gasteiger partial charge in [0.2, 0.25) is 0 Å². The summed E-state index contributed by atoms with van der Waals surface area (Å²) in [6, 6.07) is 20.1. The van der Waals surface area contributed by atoms with Crippen LogP contribution in [0.1, 0.15) is 11.1 Å². The van der Waals surface area contributed by atoms with E-state index in [0.29, 0.717) is 19.6 Å². The molecule has 1 aliphatic rings. The van der Waals surface area contributed by atoms with Gasteiger partial charge in [0.05, 0.1) is 6.61 Å². The lowest BCUT2D eigenvalue weighted by molar-refractivity contribution is -0.160. The number of ether oxygens (including phenoxy) is 1. The predicted octanol–water partition coefficient (Wildman–Crippen LogP) is 3.96. The molecule has 0 spiro atoms. The number of carbonyl (C=O) groups excluding carboxylic acids is 1. The third-order valence-electron chi connectivity index (χ3n) is 5.64. The van der Waals surface area contributed by atoms with Gasteiger partial charge in [-0.25, -0.2) is 0 Å². The molecule has 0 unspecified atom stereocenters. The van der Waals surface area contributed by atoms with E-state index >= 15 is 0 Å². The highest BCUT2D eigenvalue weighted by molar-refractivity contribution is 6.30. The molecular weight excluding hydrogens is 410 g/mol. The highest BCUT2D eigenvalue weighted by Gasteiger charge is 2.43. The Morgan fingerprint density at radius 1 is 1.13 bits per heavy atom. The zero-order chi connectivity index (χ0) is 21.7. The van der Waals surface area contributed by atoms with Crippen LogP contribution in [0.25, 0.3) is 11.1 Å². The normalized spacial score (nSPS) is 19.2. The number of amides is 1. The number of benzene rings is 2. The van der Waals surface area contributed by atoms with Crippen LogP contribution in [-0.4, -0.2) is 48.1 Å². The Morgan fingerprint density at radius 2 is 1.97 bits per heavy atom. The number of likely N-dealkylation sites (N-methyl/N-ethyl adjacent to an activating group) is 1. The number of carbonyl (C=O) groups is 1. The van der Waals surface area contributed by atoms with E-state index < -0.39 is 5.60 Å². The summed E-state index contributed by atoms with van der Waals surface area (Å²) in [5.41, 5.74) is 3.41. The van der Waals surface area contributed by atoms with Crippen LogP contribution in [0.4, 0.5) is 0 Å². The van der Waals surface area contributed by atoms with E-state index in [9.17, 15) is 4.79 Å². The van der Waals surface area contributed by atoms with E-state index in [1.165, 1.54) is 0 Å². The number of nitrogens with zero attached hydrogens (tertiary/aromatic N) is 2. The van der Waals surface area contributed by atoms with E-state index in [4.69, 9.17) is 16.3 Å². The molecule has 4 rings (SSSR count). The van der Waals surface area contributed by atoms with Gasteiger partial charge in [0, 0.05) is 50.5 Å². The Morgan fingerprint density at radius 3 is 2.68 bits per heavy atom. The fourth-order valence-electron chi connectivity index (χ4n) is 4.12. The summed E-state index contributed by atoms with van der Waals surface area (Å²) in [5, 5.41) is 3.53. The SMILES string of the molecule is CNC(=O)[C@@]1(Cc2ccc(-c3cccnc3)cc2)CN(Cc2cccc(Cl)c2)CCO1. The van der Waals surface area contributed by atoms with E-state index in [0.717, 1.165) is 40.4 Å². The number of pyridine rings is 1. The Balaban J connectivity index is 1.53.